The van der Waals surface area contributed by atoms with E-state index in [0.29, 0.717) is 29.7 Å². The molecule has 2 atom stereocenters. The molecule has 22 heavy (non-hydrogen) atoms. The molecule has 2 rings (SSSR count). The molecule has 1 fully saturated rings. The molecule has 8 nitrogen and oxygen atoms in total. The van der Waals surface area contributed by atoms with E-state index in [2.05, 4.69) is 15.3 Å². The van der Waals surface area contributed by atoms with Crippen LogP contribution in [-0.2, 0) is 14.8 Å². The number of sulfonamides is 1. The molecule has 0 amide bonds. The summed E-state index contributed by atoms with van der Waals surface area (Å²) in [4.78, 5) is 8.04. The topological polar surface area (TPSA) is 110 Å². The zero-order valence-electron chi connectivity index (χ0n) is 12.7. The van der Waals surface area contributed by atoms with Gasteiger partial charge in [0.25, 0.3) is 0 Å². The molecule has 1 aromatic heterocycles. The summed E-state index contributed by atoms with van der Waals surface area (Å²) in [5.41, 5.74) is 6.19. The van der Waals surface area contributed by atoms with Crippen molar-refractivity contribution in [1.29, 1.82) is 0 Å². The van der Waals surface area contributed by atoms with Crippen LogP contribution in [-0.4, -0.2) is 61.8 Å². The van der Waals surface area contributed by atoms with Gasteiger partial charge in [0.1, 0.15) is 5.02 Å². The average Bonchev–Trinajstić information content (AvgIpc) is 2.82. The fourth-order valence-corrected chi connectivity index (χ4v) is 3.50. The quantitative estimate of drug-likeness (QED) is 0.788. The van der Waals surface area contributed by atoms with Gasteiger partial charge in [0.2, 0.25) is 16.0 Å². The second-order valence-electron chi connectivity index (χ2n) is 5.44. The van der Waals surface area contributed by atoms with Crippen LogP contribution < -0.4 is 11.1 Å². The minimum absolute atomic E-state index is 0.00513. The summed E-state index contributed by atoms with van der Waals surface area (Å²) >= 11 is 6.16. The highest BCUT2D eigenvalue weighted by atomic mass is 35.5. The number of aromatic nitrogens is 2. The van der Waals surface area contributed by atoms with Crippen molar-refractivity contribution in [2.75, 3.05) is 44.1 Å². The Morgan fingerprint density at radius 3 is 2.73 bits per heavy atom. The lowest BCUT2D eigenvalue weighted by atomic mass is 10.1. The smallest absolute Gasteiger partial charge is 0.222 e. The van der Waals surface area contributed by atoms with E-state index in [-0.39, 0.29) is 23.7 Å². The number of nitrogens with two attached hydrogens (primary N) is 1. The van der Waals surface area contributed by atoms with Gasteiger partial charge in [-0.2, -0.15) is 4.98 Å². The molecular formula is C12H20ClN5O3S. The summed E-state index contributed by atoms with van der Waals surface area (Å²) in [6, 6.07) is -0.207. The minimum Gasteiger partial charge on any atom is -0.379 e. The molecule has 0 spiro atoms. The molecule has 0 saturated carbocycles. The van der Waals surface area contributed by atoms with Crippen LogP contribution in [0.15, 0.2) is 0 Å². The Morgan fingerprint density at radius 2 is 2.09 bits per heavy atom. The number of halogens is 1. The lowest BCUT2D eigenvalue weighted by Crippen LogP contribution is -2.37. The van der Waals surface area contributed by atoms with E-state index in [0.717, 1.165) is 0 Å². The molecule has 0 bridgehead atoms. The van der Waals surface area contributed by atoms with Crippen LogP contribution in [0, 0.1) is 12.8 Å². The van der Waals surface area contributed by atoms with Crippen LogP contribution in [0.3, 0.4) is 0 Å². The van der Waals surface area contributed by atoms with Crippen LogP contribution in [0.4, 0.5) is 11.8 Å². The molecule has 0 radical (unpaired) electrons. The van der Waals surface area contributed by atoms with Gasteiger partial charge in [-0.15, -0.1) is 0 Å². The third kappa shape index (κ3) is 3.78. The average molecular weight is 350 g/mol. The SMILES string of the molecule is Cc1nc(N)nc(N[C@H]2COC[C@H]2CS(=O)(=O)N(C)C)c1Cl. The summed E-state index contributed by atoms with van der Waals surface area (Å²) in [6.45, 7) is 2.47. The summed E-state index contributed by atoms with van der Waals surface area (Å²) < 4.78 is 30.7. The Morgan fingerprint density at radius 1 is 1.41 bits per heavy atom. The molecule has 0 aliphatic carbocycles. The number of nitrogen functional groups attached to an aromatic ring is 1. The highest BCUT2D eigenvalue weighted by Crippen LogP contribution is 2.27. The lowest BCUT2D eigenvalue weighted by Gasteiger charge is -2.22. The second-order valence-corrected chi connectivity index (χ2v) is 8.04. The van der Waals surface area contributed by atoms with E-state index in [1.165, 1.54) is 18.4 Å². The first-order valence-electron chi connectivity index (χ1n) is 6.75. The number of anilines is 2. The molecule has 3 N–H and O–H groups in total. The van der Waals surface area contributed by atoms with Crippen molar-refractivity contribution < 1.29 is 13.2 Å². The van der Waals surface area contributed by atoms with Crippen molar-refractivity contribution in [3.8, 4) is 0 Å². The first-order valence-corrected chi connectivity index (χ1v) is 8.73. The van der Waals surface area contributed by atoms with Gasteiger partial charge >= 0.3 is 0 Å². The molecule has 0 aromatic carbocycles. The lowest BCUT2D eigenvalue weighted by molar-refractivity contribution is 0.187. The minimum atomic E-state index is -3.31. The zero-order valence-corrected chi connectivity index (χ0v) is 14.3. The van der Waals surface area contributed by atoms with Gasteiger partial charge in [-0.05, 0) is 6.92 Å². The van der Waals surface area contributed by atoms with Gasteiger partial charge in [-0.3, -0.25) is 0 Å². The Hall–Kier alpha value is -1.16. The van der Waals surface area contributed by atoms with E-state index < -0.39 is 10.0 Å². The molecule has 1 aromatic rings. The molecule has 1 aliphatic rings. The maximum atomic E-state index is 12.0. The molecular weight excluding hydrogens is 330 g/mol. The molecule has 10 heteroatoms. The van der Waals surface area contributed by atoms with Crippen LogP contribution in [0.2, 0.25) is 5.02 Å². The molecule has 124 valence electrons. The molecule has 1 aliphatic heterocycles. The number of nitrogens with zero attached hydrogens (tertiary/aromatic N) is 3. The van der Waals surface area contributed by atoms with Gasteiger partial charge < -0.3 is 15.8 Å². The standard InChI is InChI=1S/C12H20ClN5O3S/c1-7-10(13)11(17-12(14)15-7)16-9-5-21-4-8(9)6-22(19,20)18(2)3/h8-9H,4-6H2,1-3H3,(H3,14,15,16,17)/t8-,9-/m0/s1. The van der Waals surface area contributed by atoms with E-state index in [1.54, 1.807) is 6.92 Å². The Kier molecular flexibility index (Phi) is 5.10. The maximum absolute atomic E-state index is 12.0. The number of aryl methyl sites for hydroxylation is 1. The summed E-state index contributed by atoms with van der Waals surface area (Å²) in [6.07, 6.45) is 0. The molecule has 0 unspecified atom stereocenters. The molecule has 2 heterocycles. The predicted octanol–water partition coefficient (Wildman–Crippen LogP) is 0.339. The Balaban J connectivity index is 2.16. The number of ether oxygens (including phenoxy) is 1. The third-order valence-electron chi connectivity index (χ3n) is 3.54. The number of rotatable bonds is 5. The van der Waals surface area contributed by atoms with Crippen LogP contribution in [0.1, 0.15) is 5.69 Å². The first-order chi connectivity index (χ1) is 10.2. The monoisotopic (exact) mass is 349 g/mol. The van der Waals surface area contributed by atoms with Crippen LogP contribution in [0.5, 0.6) is 0 Å². The predicted molar refractivity (Wildman–Crippen MR) is 85.4 cm³/mol. The third-order valence-corrected chi connectivity index (χ3v) is 5.95. The zero-order chi connectivity index (χ0) is 16.5. The number of hydrogen-bond donors (Lipinski definition) is 2. The normalized spacial score (nSPS) is 22.2. The van der Waals surface area contributed by atoms with Gasteiger partial charge in [0, 0.05) is 20.0 Å². The van der Waals surface area contributed by atoms with E-state index in [9.17, 15) is 8.42 Å². The fourth-order valence-electron chi connectivity index (χ4n) is 2.19. The fraction of sp³-hybridized carbons (Fsp3) is 0.667. The summed E-state index contributed by atoms with van der Waals surface area (Å²) in [5, 5.41) is 3.50. The van der Waals surface area contributed by atoms with E-state index in [1.807, 2.05) is 0 Å². The molecule has 1 saturated heterocycles. The number of nitrogens with one attached hydrogen (secondary N) is 1. The van der Waals surface area contributed by atoms with Gasteiger partial charge in [-0.25, -0.2) is 17.7 Å². The summed E-state index contributed by atoms with van der Waals surface area (Å²) in [7, 11) is -0.285. The van der Waals surface area contributed by atoms with Gasteiger partial charge in [0.15, 0.2) is 5.82 Å². The summed E-state index contributed by atoms with van der Waals surface area (Å²) in [5.74, 6) is 0.310. The van der Waals surface area contributed by atoms with Crippen molar-refractivity contribution >= 4 is 33.4 Å². The van der Waals surface area contributed by atoms with Crippen LogP contribution in [0.25, 0.3) is 0 Å². The Labute approximate surface area is 135 Å². The van der Waals surface area contributed by atoms with Crippen molar-refractivity contribution in [3.63, 3.8) is 0 Å². The van der Waals surface area contributed by atoms with Crippen molar-refractivity contribution in [2.24, 2.45) is 5.92 Å². The van der Waals surface area contributed by atoms with Gasteiger partial charge in [0.05, 0.1) is 30.7 Å². The van der Waals surface area contributed by atoms with E-state index in [4.69, 9.17) is 22.1 Å². The highest BCUT2D eigenvalue weighted by Gasteiger charge is 2.33. The van der Waals surface area contributed by atoms with Crippen molar-refractivity contribution in [2.45, 2.75) is 13.0 Å². The highest BCUT2D eigenvalue weighted by molar-refractivity contribution is 7.89. The van der Waals surface area contributed by atoms with Crippen molar-refractivity contribution in [3.05, 3.63) is 10.7 Å². The largest absolute Gasteiger partial charge is 0.379 e. The van der Waals surface area contributed by atoms with E-state index >= 15 is 0 Å². The van der Waals surface area contributed by atoms with Gasteiger partial charge in [-0.1, -0.05) is 11.6 Å². The number of hydrogen-bond acceptors (Lipinski definition) is 7. The second kappa shape index (κ2) is 6.53. The maximum Gasteiger partial charge on any atom is 0.222 e. The first kappa shape index (κ1) is 17.2. The Bertz CT molecular complexity index is 652. The van der Waals surface area contributed by atoms with Crippen molar-refractivity contribution in [1.82, 2.24) is 14.3 Å². The van der Waals surface area contributed by atoms with Crippen LogP contribution >= 0.6 is 11.6 Å².